The third kappa shape index (κ3) is 2.80. The first-order chi connectivity index (χ1) is 9.74. The Morgan fingerprint density at radius 1 is 1.10 bits per heavy atom. The van der Waals surface area contributed by atoms with Crippen LogP contribution in [0.4, 0.5) is 10.1 Å². The first-order valence-corrected chi connectivity index (χ1v) is 7.41. The van der Waals surface area contributed by atoms with Gasteiger partial charge < -0.3 is 5.32 Å². The zero-order valence-corrected chi connectivity index (χ0v) is 12.0. The molecule has 0 aliphatic heterocycles. The van der Waals surface area contributed by atoms with Crippen LogP contribution in [0.2, 0.25) is 5.02 Å². The minimum atomic E-state index is -0.292. The summed E-state index contributed by atoms with van der Waals surface area (Å²) >= 11 is 5.80. The maximum Gasteiger partial charge on any atom is 0.147 e. The molecule has 3 heteroatoms. The Labute approximate surface area is 123 Å². The Hall–Kier alpha value is -1.54. The number of halogens is 2. The summed E-state index contributed by atoms with van der Waals surface area (Å²) in [6, 6.07) is 13.4. The highest BCUT2D eigenvalue weighted by molar-refractivity contribution is 6.30. The van der Waals surface area contributed by atoms with E-state index in [9.17, 15) is 4.39 Å². The van der Waals surface area contributed by atoms with Crippen molar-refractivity contribution in [3.05, 3.63) is 64.4 Å². The molecule has 2 aromatic rings. The van der Waals surface area contributed by atoms with Gasteiger partial charge in [-0.25, -0.2) is 4.39 Å². The first-order valence-electron chi connectivity index (χ1n) is 7.03. The molecule has 1 aliphatic rings. The fourth-order valence-electron chi connectivity index (χ4n) is 2.87. The molecule has 0 heterocycles. The average molecular weight is 290 g/mol. The van der Waals surface area contributed by atoms with Crippen LogP contribution < -0.4 is 5.32 Å². The maximum absolute atomic E-state index is 13.9. The SMILES string of the molecule is Fc1cc(Cl)ccc1NC1CCCCc2ccccc21. The summed E-state index contributed by atoms with van der Waals surface area (Å²) in [5.41, 5.74) is 3.19. The van der Waals surface area contributed by atoms with Crippen molar-refractivity contribution in [1.29, 1.82) is 0 Å². The topological polar surface area (TPSA) is 12.0 Å². The lowest BCUT2D eigenvalue weighted by molar-refractivity contribution is 0.612. The number of fused-ring (bicyclic) bond motifs is 1. The van der Waals surface area contributed by atoms with Crippen molar-refractivity contribution in [2.24, 2.45) is 0 Å². The molecule has 0 spiro atoms. The van der Waals surface area contributed by atoms with Crippen molar-refractivity contribution in [2.75, 3.05) is 5.32 Å². The molecule has 0 fully saturated rings. The number of anilines is 1. The van der Waals surface area contributed by atoms with Crippen LogP contribution in [0.3, 0.4) is 0 Å². The van der Waals surface area contributed by atoms with Gasteiger partial charge in [-0.15, -0.1) is 0 Å². The summed E-state index contributed by atoms with van der Waals surface area (Å²) in [6.07, 6.45) is 4.48. The van der Waals surface area contributed by atoms with Crippen LogP contribution in [0.25, 0.3) is 0 Å². The summed E-state index contributed by atoms with van der Waals surface area (Å²) in [4.78, 5) is 0. The van der Waals surface area contributed by atoms with Crippen LogP contribution in [0.15, 0.2) is 42.5 Å². The molecule has 104 valence electrons. The van der Waals surface area contributed by atoms with Gasteiger partial charge in [0.15, 0.2) is 0 Å². The Bertz CT molecular complexity index is 612. The molecule has 20 heavy (non-hydrogen) atoms. The van der Waals surface area contributed by atoms with Crippen molar-refractivity contribution < 1.29 is 4.39 Å². The van der Waals surface area contributed by atoms with Crippen LogP contribution in [0.5, 0.6) is 0 Å². The van der Waals surface area contributed by atoms with Crippen LogP contribution >= 0.6 is 11.6 Å². The van der Waals surface area contributed by atoms with E-state index in [2.05, 4.69) is 29.6 Å². The molecular weight excluding hydrogens is 273 g/mol. The molecule has 0 saturated carbocycles. The molecule has 0 bridgehead atoms. The molecule has 1 N–H and O–H groups in total. The molecule has 1 aliphatic carbocycles. The number of nitrogens with one attached hydrogen (secondary N) is 1. The lowest BCUT2D eigenvalue weighted by Crippen LogP contribution is -2.12. The van der Waals surface area contributed by atoms with E-state index in [0.29, 0.717) is 10.7 Å². The molecule has 0 saturated heterocycles. The third-order valence-electron chi connectivity index (χ3n) is 3.88. The minimum Gasteiger partial charge on any atom is -0.376 e. The maximum atomic E-state index is 13.9. The number of hydrogen-bond donors (Lipinski definition) is 1. The fraction of sp³-hybridized carbons (Fsp3) is 0.294. The Balaban J connectivity index is 1.90. The quantitative estimate of drug-likeness (QED) is 0.734. The average Bonchev–Trinajstić information content (AvgIpc) is 2.65. The Morgan fingerprint density at radius 3 is 2.80 bits per heavy atom. The van der Waals surface area contributed by atoms with Gasteiger partial charge >= 0.3 is 0 Å². The van der Waals surface area contributed by atoms with Gasteiger partial charge in [0.25, 0.3) is 0 Å². The molecule has 1 nitrogen and oxygen atoms in total. The van der Waals surface area contributed by atoms with Gasteiger partial charge in [-0.05, 0) is 48.6 Å². The number of hydrogen-bond acceptors (Lipinski definition) is 1. The van der Waals surface area contributed by atoms with Crippen LogP contribution in [-0.4, -0.2) is 0 Å². The van der Waals surface area contributed by atoms with Gasteiger partial charge in [-0.3, -0.25) is 0 Å². The zero-order chi connectivity index (χ0) is 13.9. The second-order valence-corrected chi connectivity index (χ2v) is 5.70. The second-order valence-electron chi connectivity index (χ2n) is 5.27. The van der Waals surface area contributed by atoms with Crippen molar-refractivity contribution in [2.45, 2.75) is 31.7 Å². The summed E-state index contributed by atoms with van der Waals surface area (Å²) in [7, 11) is 0. The monoisotopic (exact) mass is 289 g/mol. The Morgan fingerprint density at radius 2 is 1.95 bits per heavy atom. The van der Waals surface area contributed by atoms with Gasteiger partial charge in [0.2, 0.25) is 0 Å². The van der Waals surface area contributed by atoms with Gasteiger partial charge in [-0.1, -0.05) is 42.3 Å². The molecule has 0 amide bonds. The van der Waals surface area contributed by atoms with Crippen molar-refractivity contribution >= 4 is 17.3 Å². The predicted molar refractivity (Wildman–Crippen MR) is 81.8 cm³/mol. The molecule has 0 radical (unpaired) electrons. The van der Waals surface area contributed by atoms with Crippen LogP contribution in [0, 0.1) is 5.82 Å². The van der Waals surface area contributed by atoms with E-state index in [1.807, 2.05) is 0 Å². The van der Waals surface area contributed by atoms with Gasteiger partial charge in [0.1, 0.15) is 5.82 Å². The van der Waals surface area contributed by atoms with E-state index in [4.69, 9.17) is 11.6 Å². The molecule has 1 atom stereocenters. The summed E-state index contributed by atoms with van der Waals surface area (Å²) < 4.78 is 13.9. The first kappa shape index (κ1) is 13.4. The number of benzene rings is 2. The predicted octanol–water partition coefficient (Wildman–Crippen LogP) is 5.36. The van der Waals surface area contributed by atoms with E-state index in [1.54, 1.807) is 12.1 Å². The second kappa shape index (κ2) is 5.84. The number of rotatable bonds is 2. The normalized spacial score (nSPS) is 18.2. The van der Waals surface area contributed by atoms with E-state index >= 15 is 0 Å². The molecule has 3 rings (SSSR count). The molecular formula is C17H17ClFN. The smallest absolute Gasteiger partial charge is 0.147 e. The third-order valence-corrected chi connectivity index (χ3v) is 4.12. The zero-order valence-electron chi connectivity index (χ0n) is 11.2. The highest BCUT2D eigenvalue weighted by atomic mass is 35.5. The van der Waals surface area contributed by atoms with Crippen molar-refractivity contribution in [3.8, 4) is 0 Å². The summed E-state index contributed by atoms with van der Waals surface area (Å²) in [5, 5.41) is 3.76. The highest BCUT2D eigenvalue weighted by Gasteiger charge is 2.19. The van der Waals surface area contributed by atoms with Gasteiger partial charge in [-0.2, -0.15) is 0 Å². The largest absolute Gasteiger partial charge is 0.376 e. The lowest BCUT2D eigenvalue weighted by atomic mass is 9.99. The molecule has 2 aromatic carbocycles. The van der Waals surface area contributed by atoms with E-state index in [0.717, 1.165) is 19.3 Å². The highest BCUT2D eigenvalue weighted by Crippen LogP contribution is 2.32. The van der Waals surface area contributed by atoms with Gasteiger partial charge in [0.05, 0.1) is 11.7 Å². The summed E-state index contributed by atoms with van der Waals surface area (Å²) in [5.74, 6) is -0.292. The van der Waals surface area contributed by atoms with E-state index < -0.39 is 0 Å². The van der Waals surface area contributed by atoms with Crippen LogP contribution in [0.1, 0.15) is 36.4 Å². The Kier molecular flexibility index (Phi) is 3.93. The standard InChI is InChI=1S/C17H17ClFN/c18-13-9-10-17(15(19)11-13)20-16-8-4-2-6-12-5-1-3-7-14(12)16/h1,3,5,7,9-11,16,20H,2,4,6,8H2. The van der Waals surface area contributed by atoms with Crippen LogP contribution in [-0.2, 0) is 6.42 Å². The minimum absolute atomic E-state index is 0.171. The lowest BCUT2D eigenvalue weighted by Gasteiger charge is -2.21. The number of aryl methyl sites for hydroxylation is 1. The van der Waals surface area contributed by atoms with E-state index in [-0.39, 0.29) is 11.9 Å². The van der Waals surface area contributed by atoms with Crippen molar-refractivity contribution in [3.63, 3.8) is 0 Å². The molecule has 1 unspecified atom stereocenters. The fourth-order valence-corrected chi connectivity index (χ4v) is 3.02. The van der Waals surface area contributed by atoms with Gasteiger partial charge in [0, 0.05) is 5.02 Å². The van der Waals surface area contributed by atoms with Crippen molar-refractivity contribution in [1.82, 2.24) is 0 Å². The summed E-state index contributed by atoms with van der Waals surface area (Å²) in [6.45, 7) is 0. The molecule has 0 aromatic heterocycles. The van der Waals surface area contributed by atoms with E-state index in [1.165, 1.54) is 23.6 Å².